The minimum Gasteiger partial charge on any atom is -0.507 e. The van der Waals surface area contributed by atoms with Crippen LogP contribution in [0.25, 0.3) is 0 Å². The van der Waals surface area contributed by atoms with Crippen molar-refractivity contribution in [1.82, 2.24) is 9.99 Å². The van der Waals surface area contributed by atoms with Gasteiger partial charge in [0.25, 0.3) is 11.8 Å². The summed E-state index contributed by atoms with van der Waals surface area (Å²) in [5, 5.41) is 13.0. The van der Waals surface area contributed by atoms with Crippen LogP contribution in [-0.4, -0.2) is 60.0 Å². The van der Waals surface area contributed by atoms with E-state index in [1.54, 1.807) is 49.4 Å². The Balaban J connectivity index is 1.36. The number of hydrogen-bond donors (Lipinski definition) is 1. The molecule has 0 unspecified atom stereocenters. The predicted octanol–water partition coefficient (Wildman–Crippen LogP) is 5.76. The summed E-state index contributed by atoms with van der Waals surface area (Å²) in [6, 6.07) is 13.0. The Labute approximate surface area is 295 Å². The van der Waals surface area contributed by atoms with Gasteiger partial charge >= 0.3 is 6.18 Å². The van der Waals surface area contributed by atoms with Gasteiger partial charge in [0, 0.05) is 30.7 Å². The standard InChI is InChI=1S/C36H32ClF3N4O7/c1-35-22(32(47)43(34(35)49)17-8-6-5-7-9-17)16-21-19(29(35)28-24(45)14-18(50-3)15-25(28)51-4)10-11-20-27(21)33(48)44(31(20)46)42(2)30-23(37)12-13-26(41-30)36(38,39)40/h5-10,12-15,20-22,27,29,45H,11,16H2,1-4H3/t20-,21+,22-,27-,29+,35+/m0/s1. The average molecular weight is 725 g/mol. The fourth-order valence-corrected chi connectivity index (χ4v) is 8.73. The number of aromatic nitrogens is 1. The molecule has 3 aromatic rings. The van der Waals surface area contributed by atoms with E-state index in [0.717, 1.165) is 21.0 Å². The number of imide groups is 2. The van der Waals surface area contributed by atoms with E-state index < -0.39 is 76.3 Å². The number of halogens is 4. The summed E-state index contributed by atoms with van der Waals surface area (Å²) in [7, 11) is 4.03. The van der Waals surface area contributed by atoms with Gasteiger partial charge in [-0.05, 0) is 49.9 Å². The van der Waals surface area contributed by atoms with Crippen LogP contribution in [0.4, 0.5) is 24.7 Å². The van der Waals surface area contributed by atoms with Crippen LogP contribution in [0.3, 0.4) is 0 Å². The van der Waals surface area contributed by atoms with Crippen LogP contribution in [0.2, 0.25) is 5.02 Å². The van der Waals surface area contributed by atoms with Crippen LogP contribution in [0.1, 0.15) is 36.9 Å². The molecule has 2 aliphatic heterocycles. The van der Waals surface area contributed by atoms with Crippen molar-refractivity contribution in [3.05, 3.63) is 82.5 Å². The quantitative estimate of drug-likeness (QED) is 0.249. The van der Waals surface area contributed by atoms with Crippen LogP contribution in [0.15, 0.2) is 66.2 Å². The van der Waals surface area contributed by atoms with Crippen molar-refractivity contribution >= 4 is 46.7 Å². The molecule has 0 radical (unpaired) electrons. The molecule has 2 aliphatic carbocycles. The minimum atomic E-state index is -4.82. The molecule has 2 aromatic carbocycles. The number of amides is 4. The van der Waals surface area contributed by atoms with Gasteiger partial charge < -0.3 is 14.6 Å². The lowest BCUT2D eigenvalue weighted by Gasteiger charge is -2.49. The first-order valence-electron chi connectivity index (χ1n) is 16.1. The number of allylic oxidation sites excluding steroid dienone is 2. The molecule has 0 bridgehead atoms. The number of ether oxygens (including phenoxy) is 2. The number of hydrogen-bond acceptors (Lipinski definition) is 9. The molecule has 1 aromatic heterocycles. The number of methoxy groups -OCH3 is 2. The lowest BCUT2D eigenvalue weighted by Crippen LogP contribution is -2.49. The van der Waals surface area contributed by atoms with Crippen LogP contribution < -0.4 is 19.4 Å². The summed E-state index contributed by atoms with van der Waals surface area (Å²) in [5.74, 6) is -7.44. The molecule has 2 saturated heterocycles. The van der Waals surface area contributed by atoms with E-state index in [-0.39, 0.29) is 40.7 Å². The lowest BCUT2D eigenvalue weighted by atomic mass is 9.51. The minimum absolute atomic E-state index is 0.00623. The number of alkyl halides is 3. The molecule has 7 rings (SSSR count). The summed E-state index contributed by atoms with van der Waals surface area (Å²) in [6.07, 6.45) is -3.00. The second-order valence-corrected chi connectivity index (χ2v) is 13.7. The first kappa shape index (κ1) is 34.3. The number of fused-ring (bicyclic) bond motifs is 4. The monoisotopic (exact) mass is 724 g/mol. The molecule has 1 saturated carbocycles. The van der Waals surface area contributed by atoms with E-state index in [0.29, 0.717) is 17.3 Å². The number of aromatic hydroxyl groups is 1. The maximum atomic E-state index is 14.6. The number of benzene rings is 2. The van der Waals surface area contributed by atoms with E-state index in [1.165, 1.54) is 27.3 Å². The van der Waals surface area contributed by atoms with Gasteiger partial charge in [0.2, 0.25) is 11.8 Å². The number of pyridine rings is 1. The van der Waals surface area contributed by atoms with Gasteiger partial charge in [0.1, 0.15) is 22.9 Å². The molecular weight excluding hydrogens is 693 g/mol. The van der Waals surface area contributed by atoms with Crippen molar-refractivity contribution in [2.45, 2.75) is 31.9 Å². The Morgan fingerprint density at radius 2 is 1.69 bits per heavy atom. The van der Waals surface area contributed by atoms with Crippen molar-refractivity contribution in [2.75, 3.05) is 31.2 Å². The zero-order chi connectivity index (χ0) is 36.7. The average Bonchev–Trinajstić information content (AvgIpc) is 3.47. The molecule has 6 atom stereocenters. The van der Waals surface area contributed by atoms with E-state index in [2.05, 4.69) is 4.98 Å². The predicted molar refractivity (Wildman–Crippen MR) is 177 cm³/mol. The van der Waals surface area contributed by atoms with Gasteiger partial charge in [-0.2, -0.15) is 18.2 Å². The topological polar surface area (TPSA) is 130 Å². The molecule has 15 heteroatoms. The highest BCUT2D eigenvalue weighted by molar-refractivity contribution is 6.33. The first-order valence-corrected chi connectivity index (χ1v) is 16.5. The smallest absolute Gasteiger partial charge is 0.433 e. The molecule has 3 heterocycles. The Hall–Kier alpha value is -5.11. The largest absolute Gasteiger partial charge is 0.507 e. The van der Waals surface area contributed by atoms with Gasteiger partial charge in [-0.1, -0.05) is 41.4 Å². The van der Waals surface area contributed by atoms with E-state index in [9.17, 15) is 37.5 Å². The van der Waals surface area contributed by atoms with Gasteiger partial charge in [0.15, 0.2) is 5.82 Å². The molecule has 11 nitrogen and oxygen atoms in total. The highest BCUT2D eigenvalue weighted by Crippen LogP contribution is 2.65. The number of phenols is 1. The van der Waals surface area contributed by atoms with E-state index in [1.807, 2.05) is 0 Å². The van der Waals surface area contributed by atoms with E-state index >= 15 is 0 Å². The fraction of sp³-hybridized carbons (Fsp3) is 0.361. The third kappa shape index (κ3) is 4.97. The normalized spacial score (nSPS) is 27.2. The van der Waals surface area contributed by atoms with Gasteiger partial charge in [-0.15, -0.1) is 0 Å². The highest BCUT2D eigenvalue weighted by Gasteiger charge is 2.68. The number of rotatable bonds is 6. The van der Waals surface area contributed by atoms with Crippen molar-refractivity contribution in [3.8, 4) is 17.2 Å². The molecule has 4 aliphatic rings. The van der Waals surface area contributed by atoms with Crippen LogP contribution in [0, 0.1) is 29.1 Å². The summed E-state index contributed by atoms with van der Waals surface area (Å²) >= 11 is 6.25. The Bertz CT molecular complexity index is 2030. The maximum absolute atomic E-state index is 14.6. The van der Waals surface area contributed by atoms with Crippen LogP contribution >= 0.6 is 11.6 Å². The zero-order valence-corrected chi connectivity index (χ0v) is 28.5. The maximum Gasteiger partial charge on any atom is 0.433 e. The van der Waals surface area contributed by atoms with Crippen molar-refractivity contribution < 1.29 is 46.9 Å². The number of carbonyl (C=O) groups is 4. The number of hydrazine groups is 1. The fourth-order valence-electron chi connectivity index (χ4n) is 8.50. The molecule has 51 heavy (non-hydrogen) atoms. The van der Waals surface area contributed by atoms with Gasteiger partial charge in [-0.3, -0.25) is 24.2 Å². The molecule has 266 valence electrons. The summed E-state index contributed by atoms with van der Waals surface area (Å²) in [5.41, 5.74) is -1.61. The Morgan fingerprint density at radius 3 is 2.33 bits per heavy atom. The van der Waals surface area contributed by atoms with Crippen LogP contribution in [-0.2, 0) is 25.4 Å². The lowest BCUT2D eigenvalue weighted by molar-refractivity contribution is -0.141. The molecule has 3 fully saturated rings. The summed E-state index contributed by atoms with van der Waals surface area (Å²) in [6.45, 7) is 1.67. The number of para-hydroxylation sites is 1. The summed E-state index contributed by atoms with van der Waals surface area (Å²) in [4.78, 5) is 62.2. The highest BCUT2D eigenvalue weighted by atomic mass is 35.5. The second-order valence-electron chi connectivity index (χ2n) is 13.3. The molecule has 4 amide bonds. The van der Waals surface area contributed by atoms with Gasteiger partial charge in [0.05, 0.1) is 48.1 Å². The van der Waals surface area contributed by atoms with Crippen molar-refractivity contribution in [1.29, 1.82) is 0 Å². The third-order valence-electron chi connectivity index (χ3n) is 10.8. The van der Waals surface area contributed by atoms with Crippen molar-refractivity contribution in [3.63, 3.8) is 0 Å². The third-order valence-corrected chi connectivity index (χ3v) is 11.1. The number of anilines is 2. The number of carbonyl (C=O) groups excluding carboxylic acids is 4. The first-order chi connectivity index (χ1) is 24.1. The van der Waals surface area contributed by atoms with Crippen molar-refractivity contribution in [2.24, 2.45) is 29.1 Å². The number of nitrogens with zero attached hydrogens (tertiary/aromatic N) is 4. The zero-order valence-electron chi connectivity index (χ0n) is 27.8. The molecular formula is C36H32ClF3N4O7. The van der Waals surface area contributed by atoms with Crippen LogP contribution in [0.5, 0.6) is 17.2 Å². The second kappa shape index (κ2) is 12.0. The SMILES string of the molecule is COc1cc(O)c([C@H]2C3=CC[C@@H]4C(=O)N(N(C)c5nc(C(F)(F)F)ccc5Cl)C(=O)[C@@H]4[C@@H]3C[C@H]3C(=O)N(c4ccccc4)C(=O)[C@@]23C)c(OC)c1. The summed E-state index contributed by atoms with van der Waals surface area (Å²) < 4.78 is 51.8. The van der Waals surface area contributed by atoms with E-state index in [4.69, 9.17) is 21.1 Å². The Kier molecular flexibility index (Phi) is 8.08. The van der Waals surface area contributed by atoms with Gasteiger partial charge in [-0.25, -0.2) is 9.88 Å². The number of phenolic OH excluding ortho intramolecular Hbond substituents is 1. The molecule has 1 N–H and O–H groups in total. The molecule has 0 spiro atoms. The Morgan fingerprint density at radius 1 is 0.980 bits per heavy atom.